The Labute approximate surface area is 116 Å². The lowest BCUT2D eigenvalue weighted by Crippen LogP contribution is -2.01. The molecule has 0 saturated heterocycles. The van der Waals surface area contributed by atoms with E-state index in [0.29, 0.717) is 0 Å². The second kappa shape index (κ2) is 4.90. The molecule has 3 nitrogen and oxygen atoms in total. The van der Waals surface area contributed by atoms with Crippen LogP contribution in [0.2, 0.25) is 0 Å². The van der Waals surface area contributed by atoms with Gasteiger partial charge in [0.25, 0.3) is 0 Å². The molecule has 0 fully saturated rings. The second-order valence-electron chi connectivity index (χ2n) is 4.48. The average molecular weight is 269 g/mol. The van der Waals surface area contributed by atoms with Crippen molar-refractivity contribution < 1.29 is 0 Å². The predicted octanol–water partition coefficient (Wildman–Crippen LogP) is 3.80. The van der Waals surface area contributed by atoms with Crippen molar-refractivity contribution >= 4 is 33.6 Å². The summed E-state index contributed by atoms with van der Waals surface area (Å²) in [6, 6.07) is 9.97. The molecule has 19 heavy (non-hydrogen) atoms. The van der Waals surface area contributed by atoms with Crippen molar-refractivity contribution in [1.82, 2.24) is 4.98 Å². The first-order valence-corrected chi connectivity index (χ1v) is 7.04. The Hall–Kier alpha value is -2.07. The maximum Gasteiger partial charge on any atom is 0.0953 e. The number of fused-ring (bicyclic) bond motifs is 1. The molecule has 0 spiro atoms. The molecule has 4 heteroatoms. The third-order valence-electron chi connectivity index (χ3n) is 3.21. The maximum atomic E-state index is 5.97. The van der Waals surface area contributed by atoms with Gasteiger partial charge in [-0.25, -0.2) is 0 Å². The number of anilines is 2. The van der Waals surface area contributed by atoms with E-state index in [-0.39, 0.29) is 0 Å². The molecule has 3 rings (SSSR count). The first-order valence-electron chi connectivity index (χ1n) is 6.16. The van der Waals surface area contributed by atoms with Crippen molar-refractivity contribution in [2.75, 3.05) is 11.1 Å². The van der Waals surface area contributed by atoms with Crippen molar-refractivity contribution in [1.29, 1.82) is 0 Å². The van der Waals surface area contributed by atoms with Crippen LogP contribution in [0.3, 0.4) is 0 Å². The molecule has 2 aromatic heterocycles. The fraction of sp³-hybridized carbons (Fsp3) is 0.133. The summed E-state index contributed by atoms with van der Waals surface area (Å²) in [5.74, 6) is 0. The molecule has 96 valence electrons. The largest absolute Gasteiger partial charge is 0.398 e. The summed E-state index contributed by atoms with van der Waals surface area (Å²) in [6.07, 6.45) is 1.79. The van der Waals surface area contributed by atoms with Crippen molar-refractivity contribution in [3.8, 4) is 0 Å². The van der Waals surface area contributed by atoms with Crippen molar-refractivity contribution in [2.24, 2.45) is 0 Å². The van der Waals surface area contributed by atoms with Crippen LogP contribution >= 0.6 is 11.3 Å². The number of pyridine rings is 1. The minimum atomic E-state index is 0.765. The normalized spacial score (nSPS) is 10.8. The Balaban J connectivity index is 1.93. The zero-order chi connectivity index (χ0) is 13.2. The Morgan fingerprint density at radius 2 is 2.16 bits per heavy atom. The molecule has 0 aliphatic heterocycles. The van der Waals surface area contributed by atoms with Gasteiger partial charge in [-0.2, -0.15) is 0 Å². The Kier molecular flexibility index (Phi) is 3.09. The molecular weight excluding hydrogens is 254 g/mol. The molecule has 3 N–H and O–H groups in total. The van der Waals surface area contributed by atoms with Gasteiger partial charge in [-0.3, -0.25) is 4.98 Å². The van der Waals surface area contributed by atoms with Crippen molar-refractivity contribution in [2.45, 2.75) is 13.5 Å². The van der Waals surface area contributed by atoms with E-state index in [0.717, 1.165) is 28.8 Å². The van der Waals surface area contributed by atoms with Gasteiger partial charge in [0.2, 0.25) is 0 Å². The van der Waals surface area contributed by atoms with E-state index in [1.54, 1.807) is 17.5 Å². The van der Waals surface area contributed by atoms with Crippen LogP contribution in [-0.2, 0) is 6.54 Å². The number of nitrogens with zero attached hydrogens (tertiary/aromatic N) is 1. The topological polar surface area (TPSA) is 50.9 Å². The first kappa shape index (κ1) is 12.0. The van der Waals surface area contributed by atoms with Crippen LogP contribution < -0.4 is 11.1 Å². The summed E-state index contributed by atoms with van der Waals surface area (Å²) < 4.78 is 0. The minimum absolute atomic E-state index is 0.765. The van der Waals surface area contributed by atoms with Crippen LogP contribution in [0.1, 0.15) is 10.4 Å². The van der Waals surface area contributed by atoms with Crippen molar-refractivity contribution in [3.63, 3.8) is 0 Å². The molecular formula is C15H15N3S. The van der Waals surface area contributed by atoms with Gasteiger partial charge in [-0.15, -0.1) is 11.3 Å². The summed E-state index contributed by atoms with van der Waals surface area (Å²) in [6.45, 7) is 2.95. The molecule has 1 aromatic carbocycles. The molecule has 0 amide bonds. The lowest BCUT2D eigenvalue weighted by Gasteiger charge is -2.10. The quantitative estimate of drug-likeness (QED) is 0.711. The van der Waals surface area contributed by atoms with Gasteiger partial charge in [0.05, 0.1) is 11.2 Å². The van der Waals surface area contributed by atoms with Gasteiger partial charge in [0.15, 0.2) is 0 Å². The number of nitrogen functional groups attached to an aromatic ring is 1. The monoisotopic (exact) mass is 269 g/mol. The van der Waals surface area contributed by atoms with Crippen LogP contribution in [-0.4, -0.2) is 4.98 Å². The van der Waals surface area contributed by atoms with E-state index in [2.05, 4.69) is 28.7 Å². The zero-order valence-electron chi connectivity index (χ0n) is 10.7. The fourth-order valence-electron chi connectivity index (χ4n) is 2.10. The van der Waals surface area contributed by atoms with E-state index in [1.807, 2.05) is 24.3 Å². The van der Waals surface area contributed by atoms with Crippen LogP contribution in [0, 0.1) is 6.92 Å². The van der Waals surface area contributed by atoms with Gasteiger partial charge in [-0.1, -0.05) is 0 Å². The highest BCUT2D eigenvalue weighted by Gasteiger charge is 2.06. The fourth-order valence-corrected chi connectivity index (χ4v) is 2.94. The molecule has 0 radical (unpaired) electrons. The molecule has 2 heterocycles. The molecule has 0 bridgehead atoms. The first-order chi connectivity index (χ1) is 9.25. The third kappa shape index (κ3) is 2.27. The summed E-state index contributed by atoms with van der Waals surface area (Å²) >= 11 is 1.77. The predicted molar refractivity (Wildman–Crippen MR) is 82.5 cm³/mol. The molecule has 0 aliphatic rings. The smallest absolute Gasteiger partial charge is 0.0953 e. The van der Waals surface area contributed by atoms with Gasteiger partial charge >= 0.3 is 0 Å². The van der Waals surface area contributed by atoms with Crippen LogP contribution in [0.15, 0.2) is 41.9 Å². The van der Waals surface area contributed by atoms with E-state index in [1.165, 1.54) is 10.4 Å². The second-order valence-corrected chi connectivity index (χ2v) is 5.48. The van der Waals surface area contributed by atoms with Gasteiger partial charge in [-0.05, 0) is 48.2 Å². The highest BCUT2D eigenvalue weighted by atomic mass is 32.1. The Bertz CT molecular complexity index is 718. The number of nitrogens with one attached hydrogen (secondary N) is 1. The lowest BCUT2D eigenvalue weighted by molar-refractivity contribution is 1.17. The summed E-state index contributed by atoms with van der Waals surface area (Å²) in [7, 11) is 0. The van der Waals surface area contributed by atoms with E-state index < -0.39 is 0 Å². The number of aromatic nitrogens is 1. The van der Waals surface area contributed by atoms with Gasteiger partial charge in [0, 0.05) is 28.7 Å². The highest BCUT2D eigenvalue weighted by molar-refractivity contribution is 7.10. The number of nitrogens with two attached hydrogens (primary N) is 1. The number of hydrogen-bond acceptors (Lipinski definition) is 4. The number of aryl methyl sites for hydroxylation is 1. The SMILES string of the molecule is Cc1ccsc1CNc1ccc(N)c2cccnc12. The number of rotatable bonds is 3. The van der Waals surface area contributed by atoms with E-state index in [4.69, 9.17) is 5.73 Å². The molecule has 3 aromatic rings. The highest BCUT2D eigenvalue weighted by Crippen LogP contribution is 2.27. The lowest BCUT2D eigenvalue weighted by atomic mass is 10.1. The average Bonchev–Trinajstić information content (AvgIpc) is 2.84. The Morgan fingerprint density at radius 1 is 1.26 bits per heavy atom. The third-order valence-corrected chi connectivity index (χ3v) is 4.23. The van der Waals surface area contributed by atoms with Crippen LogP contribution in [0.5, 0.6) is 0 Å². The summed E-state index contributed by atoms with van der Waals surface area (Å²) in [4.78, 5) is 5.77. The van der Waals surface area contributed by atoms with Crippen LogP contribution in [0.25, 0.3) is 10.9 Å². The standard InChI is InChI=1S/C15H15N3S/c1-10-6-8-19-14(10)9-18-13-5-4-12(16)11-3-2-7-17-15(11)13/h2-8,18H,9,16H2,1H3. The number of hydrogen-bond donors (Lipinski definition) is 2. The van der Waals surface area contributed by atoms with Gasteiger partial charge in [0.1, 0.15) is 0 Å². The number of benzene rings is 1. The van der Waals surface area contributed by atoms with Crippen LogP contribution in [0.4, 0.5) is 11.4 Å². The van der Waals surface area contributed by atoms with E-state index >= 15 is 0 Å². The number of thiophene rings is 1. The Morgan fingerprint density at radius 3 is 2.95 bits per heavy atom. The maximum absolute atomic E-state index is 5.97. The van der Waals surface area contributed by atoms with Gasteiger partial charge < -0.3 is 11.1 Å². The molecule has 0 atom stereocenters. The summed E-state index contributed by atoms with van der Waals surface area (Å²) in [5.41, 5.74) is 10.0. The van der Waals surface area contributed by atoms with E-state index in [9.17, 15) is 0 Å². The van der Waals surface area contributed by atoms with Crippen molar-refractivity contribution in [3.05, 3.63) is 52.3 Å². The molecule has 0 saturated carbocycles. The summed E-state index contributed by atoms with van der Waals surface area (Å²) in [5, 5.41) is 6.56. The zero-order valence-corrected chi connectivity index (χ0v) is 11.5. The molecule has 0 aliphatic carbocycles. The molecule has 0 unspecified atom stereocenters. The minimum Gasteiger partial charge on any atom is -0.398 e.